The van der Waals surface area contributed by atoms with E-state index in [-0.39, 0.29) is 11.9 Å². The van der Waals surface area contributed by atoms with Crippen LogP contribution in [0.25, 0.3) is 0 Å². The lowest BCUT2D eigenvalue weighted by atomic mass is 10.1. The van der Waals surface area contributed by atoms with Crippen molar-refractivity contribution in [2.24, 2.45) is 0 Å². The van der Waals surface area contributed by atoms with Crippen LogP contribution >= 0.6 is 0 Å². The van der Waals surface area contributed by atoms with Gasteiger partial charge in [-0.3, -0.25) is 9.78 Å². The third kappa shape index (κ3) is 4.93. The Labute approximate surface area is 153 Å². The van der Waals surface area contributed by atoms with Crippen LogP contribution in [0.4, 0.5) is 0 Å². The van der Waals surface area contributed by atoms with Crippen LogP contribution in [0.2, 0.25) is 0 Å². The van der Waals surface area contributed by atoms with Crippen LogP contribution in [0.1, 0.15) is 30.6 Å². The molecule has 0 radical (unpaired) electrons. The van der Waals surface area contributed by atoms with Gasteiger partial charge < -0.3 is 10.1 Å². The summed E-state index contributed by atoms with van der Waals surface area (Å²) < 4.78 is 5.98. The Morgan fingerprint density at radius 1 is 1.00 bits per heavy atom. The maximum Gasteiger partial charge on any atom is 0.220 e. The van der Waals surface area contributed by atoms with E-state index >= 15 is 0 Å². The van der Waals surface area contributed by atoms with Crippen molar-refractivity contribution in [2.45, 2.75) is 25.8 Å². The van der Waals surface area contributed by atoms with E-state index in [1.54, 1.807) is 6.20 Å². The minimum absolute atomic E-state index is 0.00216. The van der Waals surface area contributed by atoms with E-state index < -0.39 is 0 Å². The molecule has 0 saturated heterocycles. The minimum atomic E-state index is -0.147. The van der Waals surface area contributed by atoms with Crippen LogP contribution in [0, 0.1) is 0 Å². The number of carbonyl (C=O) groups excluding carboxylic acids is 1. The molecule has 1 heterocycles. The molecule has 2 aromatic carbocycles. The minimum Gasteiger partial charge on any atom is -0.457 e. The molecule has 0 aliphatic heterocycles. The number of carbonyl (C=O) groups is 1. The number of nitrogens with zero attached hydrogens (tertiary/aromatic N) is 1. The van der Waals surface area contributed by atoms with Gasteiger partial charge in [0.05, 0.1) is 6.04 Å². The van der Waals surface area contributed by atoms with Gasteiger partial charge in [-0.25, -0.2) is 0 Å². The van der Waals surface area contributed by atoms with E-state index in [0.29, 0.717) is 12.8 Å². The van der Waals surface area contributed by atoms with Gasteiger partial charge in [0.25, 0.3) is 0 Å². The number of amides is 1. The standard InChI is InChI=1S/C22H22N2O2/c1-17(24-22(25)15-14-18-9-7-8-16-23-18)20-12-5-6-13-21(20)26-19-10-3-2-4-11-19/h2-13,16-17H,14-15H2,1H3,(H,24,25). The van der Waals surface area contributed by atoms with Crippen LogP contribution in [-0.2, 0) is 11.2 Å². The van der Waals surface area contributed by atoms with E-state index in [1.165, 1.54) is 0 Å². The van der Waals surface area contributed by atoms with Gasteiger partial charge >= 0.3 is 0 Å². The van der Waals surface area contributed by atoms with Crippen LogP contribution < -0.4 is 10.1 Å². The maximum absolute atomic E-state index is 12.3. The lowest BCUT2D eigenvalue weighted by Gasteiger charge is -2.18. The molecule has 3 aromatic rings. The summed E-state index contributed by atoms with van der Waals surface area (Å²) in [6, 6.07) is 23.0. The predicted molar refractivity (Wildman–Crippen MR) is 102 cm³/mol. The second-order valence-electron chi connectivity index (χ2n) is 6.06. The molecule has 4 heteroatoms. The first kappa shape index (κ1) is 17.7. The molecule has 0 saturated carbocycles. The molecule has 0 aliphatic rings. The van der Waals surface area contributed by atoms with Crippen molar-refractivity contribution in [3.05, 3.63) is 90.3 Å². The molecule has 1 atom stereocenters. The van der Waals surface area contributed by atoms with E-state index in [9.17, 15) is 4.79 Å². The molecule has 4 nitrogen and oxygen atoms in total. The highest BCUT2D eigenvalue weighted by Gasteiger charge is 2.14. The number of benzene rings is 2. The summed E-state index contributed by atoms with van der Waals surface area (Å²) in [6.07, 6.45) is 2.78. The Kier molecular flexibility index (Phi) is 5.99. The summed E-state index contributed by atoms with van der Waals surface area (Å²) in [4.78, 5) is 16.5. The summed E-state index contributed by atoms with van der Waals surface area (Å²) >= 11 is 0. The summed E-state index contributed by atoms with van der Waals surface area (Å²) in [5.74, 6) is 1.52. The number of aromatic nitrogens is 1. The molecule has 3 rings (SSSR count). The highest BCUT2D eigenvalue weighted by Crippen LogP contribution is 2.29. The molecular formula is C22H22N2O2. The zero-order chi connectivity index (χ0) is 18.2. The Morgan fingerprint density at radius 2 is 1.73 bits per heavy atom. The number of pyridine rings is 1. The second kappa shape index (κ2) is 8.81. The van der Waals surface area contributed by atoms with E-state index in [1.807, 2.05) is 79.7 Å². The first-order valence-electron chi connectivity index (χ1n) is 8.73. The molecule has 0 spiro atoms. The number of nitrogens with one attached hydrogen (secondary N) is 1. The van der Waals surface area contributed by atoms with Gasteiger partial charge in [-0.2, -0.15) is 0 Å². The molecule has 1 amide bonds. The van der Waals surface area contributed by atoms with Crippen molar-refractivity contribution in [3.8, 4) is 11.5 Å². The van der Waals surface area contributed by atoms with Gasteiger partial charge in [-0.05, 0) is 43.7 Å². The van der Waals surface area contributed by atoms with Gasteiger partial charge in [-0.1, -0.05) is 42.5 Å². The fraction of sp³-hybridized carbons (Fsp3) is 0.182. The number of aryl methyl sites for hydroxylation is 1. The van der Waals surface area contributed by atoms with Crippen LogP contribution in [0.3, 0.4) is 0 Å². The van der Waals surface area contributed by atoms with E-state index in [2.05, 4.69) is 10.3 Å². The van der Waals surface area contributed by atoms with Gasteiger partial charge in [0.15, 0.2) is 0 Å². The highest BCUT2D eigenvalue weighted by atomic mass is 16.5. The molecule has 0 fully saturated rings. The SMILES string of the molecule is CC(NC(=O)CCc1ccccn1)c1ccccc1Oc1ccccc1. The molecular weight excluding hydrogens is 324 g/mol. The van der Waals surface area contributed by atoms with Crippen molar-refractivity contribution in [1.82, 2.24) is 10.3 Å². The summed E-state index contributed by atoms with van der Waals surface area (Å²) in [7, 11) is 0. The molecule has 1 N–H and O–H groups in total. The molecule has 0 aliphatic carbocycles. The Morgan fingerprint density at radius 3 is 2.50 bits per heavy atom. The molecule has 132 valence electrons. The Bertz CT molecular complexity index is 835. The fourth-order valence-corrected chi connectivity index (χ4v) is 2.73. The summed E-state index contributed by atoms with van der Waals surface area (Å²) in [6.45, 7) is 1.96. The number of hydrogen-bond acceptors (Lipinski definition) is 3. The first-order valence-corrected chi connectivity index (χ1v) is 8.73. The number of para-hydroxylation sites is 2. The third-order valence-electron chi connectivity index (χ3n) is 4.07. The third-order valence-corrected chi connectivity index (χ3v) is 4.07. The Hall–Kier alpha value is -3.14. The molecule has 26 heavy (non-hydrogen) atoms. The molecule has 0 bridgehead atoms. The molecule has 1 unspecified atom stereocenters. The Balaban J connectivity index is 1.62. The van der Waals surface area contributed by atoms with Crippen molar-refractivity contribution < 1.29 is 9.53 Å². The molecule has 1 aromatic heterocycles. The smallest absolute Gasteiger partial charge is 0.220 e. The maximum atomic E-state index is 12.3. The van der Waals surface area contributed by atoms with Crippen molar-refractivity contribution >= 4 is 5.91 Å². The van der Waals surface area contributed by atoms with Gasteiger partial charge in [-0.15, -0.1) is 0 Å². The largest absolute Gasteiger partial charge is 0.457 e. The lowest BCUT2D eigenvalue weighted by Crippen LogP contribution is -2.27. The lowest BCUT2D eigenvalue weighted by molar-refractivity contribution is -0.121. The van der Waals surface area contributed by atoms with Gasteiger partial charge in [0, 0.05) is 23.9 Å². The van der Waals surface area contributed by atoms with Crippen molar-refractivity contribution in [2.75, 3.05) is 0 Å². The monoisotopic (exact) mass is 346 g/mol. The second-order valence-corrected chi connectivity index (χ2v) is 6.06. The zero-order valence-electron chi connectivity index (χ0n) is 14.8. The van der Waals surface area contributed by atoms with Gasteiger partial charge in [0.2, 0.25) is 5.91 Å². The summed E-state index contributed by atoms with van der Waals surface area (Å²) in [5.41, 5.74) is 1.87. The normalized spacial score (nSPS) is 11.6. The number of hydrogen-bond donors (Lipinski definition) is 1. The van der Waals surface area contributed by atoms with Crippen LogP contribution in [0.15, 0.2) is 79.0 Å². The van der Waals surface area contributed by atoms with Crippen LogP contribution in [-0.4, -0.2) is 10.9 Å². The summed E-state index contributed by atoms with van der Waals surface area (Å²) in [5, 5.41) is 3.05. The quantitative estimate of drug-likeness (QED) is 0.675. The zero-order valence-corrected chi connectivity index (χ0v) is 14.8. The highest BCUT2D eigenvalue weighted by molar-refractivity contribution is 5.76. The predicted octanol–water partition coefficient (Wildman–Crippen LogP) is 4.68. The average molecular weight is 346 g/mol. The number of ether oxygens (including phenoxy) is 1. The average Bonchev–Trinajstić information content (AvgIpc) is 2.68. The van der Waals surface area contributed by atoms with Crippen LogP contribution in [0.5, 0.6) is 11.5 Å². The fourth-order valence-electron chi connectivity index (χ4n) is 2.73. The number of rotatable bonds is 7. The van der Waals surface area contributed by atoms with E-state index in [4.69, 9.17) is 4.74 Å². The topological polar surface area (TPSA) is 51.2 Å². The van der Waals surface area contributed by atoms with Gasteiger partial charge in [0.1, 0.15) is 11.5 Å². The first-order chi connectivity index (χ1) is 12.7. The van der Waals surface area contributed by atoms with Crippen molar-refractivity contribution in [3.63, 3.8) is 0 Å². The van der Waals surface area contributed by atoms with Crippen molar-refractivity contribution in [1.29, 1.82) is 0 Å². The van der Waals surface area contributed by atoms with E-state index in [0.717, 1.165) is 22.8 Å².